The minimum absolute atomic E-state index is 0.141. The lowest BCUT2D eigenvalue weighted by atomic mass is 10.2. The zero-order valence-electron chi connectivity index (χ0n) is 17.0. The maximum Gasteiger partial charge on any atom is 0.333 e. The lowest BCUT2D eigenvalue weighted by molar-refractivity contribution is -0.138. The first-order valence-corrected chi connectivity index (χ1v) is 11.4. The Balaban J connectivity index is 1.58. The second kappa shape index (κ2) is 9.67. The summed E-state index contributed by atoms with van der Waals surface area (Å²) in [4.78, 5) is 13.8. The highest BCUT2D eigenvalue weighted by molar-refractivity contribution is 7.91. The molecule has 0 saturated carbocycles. The van der Waals surface area contributed by atoms with Crippen LogP contribution in [0, 0.1) is 0 Å². The van der Waals surface area contributed by atoms with Crippen molar-refractivity contribution < 1.29 is 17.9 Å². The Hall–Kier alpha value is -3.00. The average molecular weight is 428 g/mol. The molecule has 2 aromatic carbocycles. The van der Waals surface area contributed by atoms with Gasteiger partial charge in [0.25, 0.3) is 0 Å². The maximum absolute atomic E-state index is 12.3. The largest absolute Gasteiger partial charge is 0.461 e. The van der Waals surface area contributed by atoms with E-state index in [1.54, 1.807) is 12.1 Å². The third kappa shape index (κ3) is 5.76. The SMILES string of the molecule is C=C(C)C(=O)OCCS(=O)(=O)c1ccc(/N=N/c2ccc(N3CCCC3)cc2)cc1. The summed E-state index contributed by atoms with van der Waals surface area (Å²) in [5, 5.41) is 8.38. The summed E-state index contributed by atoms with van der Waals surface area (Å²) in [5.74, 6) is -0.898. The van der Waals surface area contributed by atoms with E-state index in [4.69, 9.17) is 4.74 Å². The van der Waals surface area contributed by atoms with Gasteiger partial charge in [0.05, 0.1) is 22.0 Å². The number of hydrogen-bond donors (Lipinski definition) is 0. The van der Waals surface area contributed by atoms with Crippen molar-refractivity contribution in [3.63, 3.8) is 0 Å². The number of ether oxygens (including phenoxy) is 1. The van der Waals surface area contributed by atoms with Crippen molar-refractivity contribution in [3.05, 3.63) is 60.7 Å². The van der Waals surface area contributed by atoms with E-state index in [9.17, 15) is 13.2 Å². The Bertz CT molecular complexity index is 1020. The summed E-state index contributed by atoms with van der Waals surface area (Å²) in [6.45, 7) is 6.92. The predicted molar refractivity (Wildman–Crippen MR) is 116 cm³/mol. The smallest absolute Gasteiger partial charge is 0.333 e. The number of anilines is 1. The van der Waals surface area contributed by atoms with E-state index in [0.717, 1.165) is 18.8 Å². The fraction of sp³-hybridized carbons (Fsp3) is 0.318. The van der Waals surface area contributed by atoms with Crippen LogP contribution in [-0.4, -0.2) is 39.8 Å². The zero-order chi connectivity index (χ0) is 21.6. The van der Waals surface area contributed by atoms with E-state index in [0.29, 0.717) is 5.69 Å². The highest BCUT2D eigenvalue weighted by Crippen LogP contribution is 2.25. The number of esters is 1. The van der Waals surface area contributed by atoms with Gasteiger partial charge in [0.15, 0.2) is 9.84 Å². The first-order chi connectivity index (χ1) is 14.3. The summed E-state index contributed by atoms with van der Waals surface area (Å²) < 4.78 is 29.5. The molecule has 2 aromatic rings. The molecular weight excluding hydrogens is 402 g/mol. The molecule has 0 aromatic heterocycles. The van der Waals surface area contributed by atoms with E-state index in [2.05, 4.69) is 21.7 Å². The van der Waals surface area contributed by atoms with E-state index < -0.39 is 15.8 Å². The van der Waals surface area contributed by atoms with Gasteiger partial charge in [-0.1, -0.05) is 6.58 Å². The molecule has 3 rings (SSSR count). The third-order valence-corrected chi connectivity index (χ3v) is 6.43. The minimum Gasteiger partial charge on any atom is -0.461 e. The van der Waals surface area contributed by atoms with Crippen LogP contribution in [0.1, 0.15) is 19.8 Å². The van der Waals surface area contributed by atoms with Crippen molar-refractivity contribution in [2.75, 3.05) is 30.3 Å². The van der Waals surface area contributed by atoms with Gasteiger partial charge in [-0.15, -0.1) is 0 Å². The topological polar surface area (TPSA) is 88.4 Å². The van der Waals surface area contributed by atoms with Gasteiger partial charge >= 0.3 is 5.97 Å². The quantitative estimate of drug-likeness (QED) is 0.349. The van der Waals surface area contributed by atoms with Gasteiger partial charge < -0.3 is 9.64 Å². The van der Waals surface area contributed by atoms with Crippen LogP contribution in [0.15, 0.2) is 75.8 Å². The molecule has 0 bridgehead atoms. The molecule has 0 spiro atoms. The van der Waals surface area contributed by atoms with Crippen LogP contribution in [-0.2, 0) is 19.4 Å². The Morgan fingerprint density at radius 2 is 1.53 bits per heavy atom. The standard InChI is InChI=1S/C22H25N3O4S/c1-17(2)22(26)29-15-16-30(27,28)21-11-7-19(8-12-21)24-23-18-5-9-20(10-6-18)25-13-3-4-14-25/h5-12H,1,3-4,13-16H2,2H3/b24-23+. The summed E-state index contributed by atoms with van der Waals surface area (Å²) >= 11 is 0. The summed E-state index contributed by atoms with van der Waals surface area (Å²) in [7, 11) is -3.56. The molecule has 0 amide bonds. The fourth-order valence-corrected chi connectivity index (χ4v) is 4.12. The van der Waals surface area contributed by atoms with Gasteiger partial charge in [-0.25, -0.2) is 13.2 Å². The molecular formula is C22H25N3O4S. The molecule has 1 aliphatic rings. The Morgan fingerprint density at radius 1 is 1.00 bits per heavy atom. The van der Waals surface area contributed by atoms with Gasteiger partial charge in [0.1, 0.15) is 6.61 Å². The van der Waals surface area contributed by atoms with Crippen LogP contribution in [0.25, 0.3) is 0 Å². The second-order valence-corrected chi connectivity index (χ2v) is 9.25. The van der Waals surface area contributed by atoms with Crippen molar-refractivity contribution >= 4 is 32.9 Å². The Morgan fingerprint density at radius 3 is 2.07 bits per heavy atom. The van der Waals surface area contributed by atoms with E-state index >= 15 is 0 Å². The van der Waals surface area contributed by atoms with Crippen LogP contribution in [0.3, 0.4) is 0 Å². The molecule has 1 aliphatic heterocycles. The molecule has 30 heavy (non-hydrogen) atoms. The van der Waals surface area contributed by atoms with Crippen LogP contribution in [0.4, 0.5) is 17.1 Å². The predicted octanol–water partition coefficient (Wildman–Crippen LogP) is 4.60. The highest BCUT2D eigenvalue weighted by atomic mass is 32.2. The molecule has 0 atom stereocenters. The molecule has 158 valence electrons. The van der Waals surface area contributed by atoms with Crippen molar-refractivity contribution in [2.24, 2.45) is 10.2 Å². The first kappa shape index (κ1) is 21.7. The minimum atomic E-state index is -3.56. The summed E-state index contributed by atoms with van der Waals surface area (Å²) in [6.07, 6.45) is 2.46. The van der Waals surface area contributed by atoms with Crippen LogP contribution in [0.5, 0.6) is 0 Å². The van der Waals surface area contributed by atoms with E-state index in [-0.39, 0.29) is 22.8 Å². The van der Waals surface area contributed by atoms with Crippen LogP contribution >= 0.6 is 0 Å². The van der Waals surface area contributed by atoms with Crippen LogP contribution < -0.4 is 4.90 Å². The number of rotatable bonds is 8. The monoisotopic (exact) mass is 427 g/mol. The molecule has 0 radical (unpaired) electrons. The molecule has 1 saturated heterocycles. The zero-order valence-corrected chi connectivity index (χ0v) is 17.8. The highest BCUT2D eigenvalue weighted by Gasteiger charge is 2.16. The third-order valence-electron chi connectivity index (χ3n) is 4.73. The first-order valence-electron chi connectivity index (χ1n) is 9.77. The molecule has 8 heteroatoms. The fourth-order valence-electron chi connectivity index (χ4n) is 3.03. The van der Waals surface area contributed by atoms with Gasteiger partial charge in [0.2, 0.25) is 0 Å². The lowest BCUT2D eigenvalue weighted by Gasteiger charge is -2.17. The molecule has 1 fully saturated rings. The van der Waals surface area contributed by atoms with E-state index in [1.165, 1.54) is 37.6 Å². The average Bonchev–Trinajstić information content (AvgIpc) is 3.27. The molecule has 0 unspecified atom stereocenters. The van der Waals surface area contributed by atoms with E-state index in [1.807, 2.05) is 24.3 Å². The Kier molecular flexibility index (Phi) is 6.99. The Labute approximate surface area is 177 Å². The van der Waals surface area contributed by atoms with Crippen molar-refractivity contribution in [3.8, 4) is 0 Å². The number of benzene rings is 2. The molecule has 0 N–H and O–H groups in total. The van der Waals surface area contributed by atoms with Gasteiger partial charge in [-0.2, -0.15) is 10.2 Å². The van der Waals surface area contributed by atoms with Crippen LogP contribution in [0.2, 0.25) is 0 Å². The van der Waals surface area contributed by atoms with Crippen molar-refractivity contribution in [1.29, 1.82) is 0 Å². The number of hydrogen-bond acceptors (Lipinski definition) is 7. The number of nitrogens with zero attached hydrogens (tertiary/aromatic N) is 3. The molecule has 0 aliphatic carbocycles. The second-order valence-electron chi connectivity index (χ2n) is 7.14. The normalized spacial score (nSPS) is 14.2. The van der Waals surface area contributed by atoms with Gasteiger partial charge in [0, 0.05) is 24.4 Å². The van der Waals surface area contributed by atoms with Crippen molar-refractivity contribution in [2.45, 2.75) is 24.7 Å². The summed E-state index contributed by atoms with van der Waals surface area (Å²) in [5.41, 5.74) is 2.70. The van der Waals surface area contributed by atoms with Gasteiger partial charge in [-0.05, 0) is 68.3 Å². The lowest BCUT2D eigenvalue weighted by Crippen LogP contribution is -2.17. The maximum atomic E-state index is 12.3. The number of sulfone groups is 1. The number of carbonyl (C=O) groups excluding carboxylic acids is 1. The number of carbonyl (C=O) groups is 1. The summed E-state index contributed by atoms with van der Waals surface area (Å²) in [6, 6.07) is 14.0. The number of azo groups is 1. The van der Waals surface area contributed by atoms with Gasteiger partial charge in [-0.3, -0.25) is 0 Å². The van der Waals surface area contributed by atoms with Crippen molar-refractivity contribution in [1.82, 2.24) is 0 Å². The molecule has 7 nitrogen and oxygen atoms in total. The molecule has 1 heterocycles.